The van der Waals surface area contributed by atoms with Crippen molar-refractivity contribution in [3.8, 4) is 0 Å². The van der Waals surface area contributed by atoms with Crippen LogP contribution in [0, 0.1) is 3.57 Å². The van der Waals surface area contributed by atoms with Crippen molar-refractivity contribution in [2.75, 3.05) is 19.5 Å². The van der Waals surface area contributed by atoms with Gasteiger partial charge in [0.15, 0.2) is 0 Å². The maximum Gasteiger partial charge on any atom is 0.143 e. The minimum atomic E-state index is 0.536. The second kappa shape index (κ2) is 7.01. The zero-order chi connectivity index (χ0) is 12.0. The van der Waals surface area contributed by atoms with E-state index in [2.05, 4.69) is 44.8 Å². The Bertz CT molecular complexity index is 344. The van der Waals surface area contributed by atoms with Crippen molar-refractivity contribution in [1.82, 2.24) is 9.97 Å². The van der Waals surface area contributed by atoms with Crippen LogP contribution in [0.5, 0.6) is 0 Å². The van der Waals surface area contributed by atoms with E-state index in [9.17, 15) is 0 Å². The van der Waals surface area contributed by atoms with Crippen LogP contribution in [0.2, 0.25) is 0 Å². The van der Waals surface area contributed by atoms with Gasteiger partial charge in [0.2, 0.25) is 0 Å². The summed E-state index contributed by atoms with van der Waals surface area (Å²) in [6, 6.07) is 0. The third-order valence-corrected chi connectivity index (χ3v) is 3.37. The van der Waals surface area contributed by atoms with Gasteiger partial charge in [0.1, 0.15) is 11.6 Å². The number of halogens is 1. The summed E-state index contributed by atoms with van der Waals surface area (Å²) in [5.74, 6) is 1.80. The van der Waals surface area contributed by atoms with Crippen LogP contribution < -0.4 is 5.32 Å². The molecule has 0 aromatic carbocycles. The first-order valence-electron chi connectivity index (χ1n) is 5.44. The standard InChI is InChI=1S/C11H18IN3O/c1-4-5-6-9-14-8(7-16-3)10(12)11(13-2)15-9/h4-7H2,1-3H3,(H,13,14,15). The van der Waals surface area contributed by atoms with Gasteiger partial charge in [0, 0.05) is 20.6 Å². The van der Waals surface area contributed by atoms with E-state index in [0.717, 1.165) is 40.2 Å². The van der Waals surface area contributed by atoms with Crippen molar-refractivity contribution >= 4 is 28.4 Å². The van der Waals surface area contributed by atoms with Gasteiger partial charge in [-0.1, -0.05) is 13.3 Å². The van der Waals surface area contributed by atoms with Gasteiger partial charge < -0.3 is 10.1 Å². The average Bonchev–Trinajstić information content (AvgIpc) is 2.30. The third-order valence-electron chi connectivity index (χ3n) is 2.24. The van der Waals surface area contributed by atoms with E-state index >= 15 is 0 Å². The Labute approximate surface area is 110 Å². The van der Waals surface area contributed by atoms with E-state index in [4.69, 9.17) is 4.74 Å². The lowest BCUT2D eigenvalue weighted by atomic mass is 10.2. The SMILES string of the molecule is CCCCc1nc(COC)c(I)c(NC)n1. The number of anilines is 1. The van der Waals surface area contributed by atoms with Crippen molar-refractivity contribution in [2.24, 2.45) is 0 Å². The number of hydrogen-bond donors (Lipinski definition) is 1. The van der Waals surface area contributed by atoms with Crippen LogP contribution in [0.3, 0.4) is 0 Å². The molecule has 5 heteroatoms. The molecule has 0 atom stereocenters. The lowest BCUT2D eigenvalue weighted by Crippen LogP contribution is -2.08. The monoisotopic (exact) mass is 335 g/mol. The molecule has 0 aliphatic carbocycles. The molecule has 1 aromatic heterocycles. The Kier molecular flexibility index (Phi) is 5.97. The molecule has 0 bridgehead atoms. The van der Waals surface area contributed by atoms with Crippen LogP contribution in [0.4, 0.5) is 5.82 Å². The topological polar surface area (TPSA) is 47.0 Å². The number of hydrogen-bond acceptors (Lipinski definition) is 4. The summed E-state index contributed by atoms with van der Waals surface area (Å²) in [5, 5.41) is 3.10. The first kappa shape index (κ1) is 13.6. The molecule has 0 aliphatic heterocycles. The molecular weight excluding hydrogens is 317 g/mol. The maximum absolute atomic E-state index is 5.14. The molecule has 1 aromatic rings. The summed E-state index contributed by atoms with van der Waals surface area (Å²) >= 11 is 2.25. The van der Waals surface area contributed by atoms with Crippen molar-refractivity contribution in [3.63, 3.8) is 0 Å². The van der Waals surface area contributed by atoms with E-state index in [-0.39, 0.29) is 0 Å². The van der Waals surface area contributed by atoms with Crippen LogP contribution in [0.15, 0.2) is 0 Å². The molecule has 1 rings (SSSR count). The molecule has 1 heterocycles. The summed E-state index contributed by atoms with van der Waals surface area (Å²) in [6.45, 7) is 2.70. The van der Waals surface area contributed by atoms with Gasteiger partial charge in [-0.2, -0.15) is 0 Å². The van der Waals surface area contributed by atoms with Crippen LogP contribution in [-0.4, -0.2) is 24.1 Å². The largest absolute Gasteiger partial charge is 0.378 e. The number of rotatable bonds is 6. The Hall–Kier alpha value is -0.430. The van der Waals surface area contributed by atoms with E-state index in [1.54, 1.807) is 7.11 Å². The fourth-order valence-electron chi connectivity index (χ4n) is 1.39. The molecule has 0 aliphatic rings. The highest BCUT2D eigenvalue weighted by molar-refractivity contribution is 14.1. The van der Waals surface area contributed by atoms with E-state index in [0.29, 0.717) is 6.61 Å². The number of aromatic nitrogens is 2. The molecule has 0 saturated carbocycles. The van der Waals surface area contributed by atoms with Gasteiger partial charge in [-0.15, -0.1) is 0 Å². The van der Waals surface area contributed by atoms with Crippen molar-refractivity contribution in [3.05, 3.63) is 15.1 Å². The fraction of sp³-hybridized carbons (Fsp3) is 0.636. The normalized spacial score (nSPS) is 10.5. The van der Waals surface area contributed by atoms with Crippen molar-refractivity contribution in [2.45, 2.75) is 32.8 Å². The first-order chi connectivity index (χ1) is 7.72. The molecule has 16 heavy (non-hydrogen) atoms. The number of ether oxygens (including phenoxy) is 1. The summed E-state index contributed by atoms with van der Waals surface area (Å²) in [7, 11) is 3.56. The van der Waals surface area contributed by atoms with E-state index in [1.807, 2.05) is 7.05 Å². The van der Waals surface area contributed by atoms with Gasteiger partial charge in [-0.25, -0.2) is 9.97 Å². The van der Waals surface area contributed by atoms with Gasteiger partial charge in [0.25, 0.3) is 0 Å². The summed E-state index contributed by atoms with van der Waals surface area (Å²) in [4.78, 5) is 9.01. The highest BCUT2D eigenvalue weighted by atomic mass is 127. The smallest absolute Gasteiger partial charge is 0.143 e. The quantitative estimate of drug-likeness (QED) is 0.812. The predicted octanol–water partition coefficient (Wildman–Crippen LogP) is 2.61. The van der Waals surface area contributed by atoms with Crippen LogP contribution in [-0.2, 0) is 17.8 Å². The molecule has 0 unspecified atom stereocenters. The maximum atomic E-state index is 5.14. The molecule has 0 spiro atoms. The Balaban J connectivity index is 2.97. The molecule has 4 nitrogen and oxygen atoms in total. The first-order valence-corrected chi connectivity index (χ1v) is 6.52. The summed E-state index contributed by atoms with van der Waals surface area (Å²) in [6.07, 6.45) is 3.21. The Morgan fingerprint density at radius 3 is 2.69 bits per heavy atom. The number of nitrogens with zero attached hydrogens (tertiary/aromatic N) is 2. The fourth-order valence-corrected chi connectivity index (χ4v) is 2.06. The molecule has 0 amide bonds. The lowest BCUT2D eigenvalue weighted by molar-refractivity contribution is 0.180. The number of methoxy groups -OCH3 is 1. The highest BCUT2D eigenvalue weighted by Gasteiger charge is 2.10. The zero-order valence-corrected chi connectivity index (χ0v) is 12.2. The molecule has 0 fully saturated rings. The zero-order valence-electron chi connectivity index (χ0n) is 10.0. The molecule has 1 N–H and O–H groups in total. The van der Waals surface area contributed by atoms with Gasteiger partial charge >= 0.3 is 0 Å². The van der Waals surface area contributed by atoms with Crippen LogP contribution in [0.1, 0.15) is 31.3 Å². The number of nitrogens with one attached hydrogen (secondary N) is 1. The molecule has 0 radical (unpaired) electrons. The molecule has 90 valence electrons. The second-order valence-corrected chi connectivity index (χ2v) is 4.61. The van der Waals surface area contributed by atoms with Gasteiger partial charge in [-0.05, 0) is 29.0 Å². The summed E-state index contributed by atoms with van der Waals surface area (Å²) < 4.78 is 6.19. The van der Waals surface area contributed by atoms with Crippen molar-refractivity contribution < 1.29 is 4.74 Å². The molecular formula is C11H18IN3O. The Morgan fingerprint density at radius 2 is 2.12 bits per heavy atom. The van der Waals surface area contributed by atoms with Crippen molar-refractivity contribution in [1.29, 1.82) is 0 Å². The number of aryl methyl sites for hydroxylation is 1. The minimum Gasteiger partial charge on any atom is -0.378 e. The lowest BCUT2D eigenvalue weighted by Gasteiger charge is -2.10. The predicted molar refractivity (Wildman–Crippen MR) is 73.6 cm³/mol. The van der Waals surface area contributed by atoms with E-state index in [1.165, 1.54) is 0 Å². The average molecular weight is 335 g/mol. The van der Waals surface area contributed by atoms with Gasteiger partial charge in [0.05, 0.1) is 15.9 Å². The highest BCUT2D eigenvalue weighted by Crippen LogP contribution is 2.20. The molecule has 0 saturated heterocycles. The van der Waals surface area contributed by atoms with E-state index < -0.39 is 0 Å². The second-order valence-electron chi connectivity index (χ2n) is 3.54. The number of unbranched alkanes of at least 4 members (excludes halogenated alkanes) is 1. The van der Waals surface area contributed by atoms with Gasteiger partial charge in [-0.3, -0.25) is 0 Å². The van der Waals surface area contributed by atoms with Crippen LogP contribution >= 0.6 is 22.6 Å². The third kappa shape index (κ3) is 3.55. The minimum absolute atomic E-state index is 0.536. The van der Waals surface area contributed by atoms with Crippen LogP contribution in [0.25, 0.3) is 0 Å². The Morgan fingerprint density at radius 1 is 1.38 bits per heavy atom. The summed E-state index contributed by atoms with van der Waals surface area (Å²) in [5.41, 5.74) is 0.966.